The normalized spacial score (nSPS) is 11.4. The fourth-order valence-corrected chi connectivity index (χ4v) is 3.05. The minimum absolute atomic E-state index is 0.0375. The molecule has 0 fully saturated rings. The van der Waals surface area contributed by atoms with Crippen LogP contribution in [0.3, 0.4) is 0 Å². The van der Waals surface area contributed by atoms with Gasteiger partial charge in [-0.2, -0.15) is 0 Å². The molecule has 0 aliphatic heterocycles. The van der Waals surface area contributed by atoms with Gasteiger partial charge >= 0.3 is 0 Å². The predicted molar refractivity (Wildman–Crippen MR) is 77.2 cm³/mol. The van der Waals surface area contributed by atoms with Crippen molar-refractivity contribution in [3.8, 4) is 0 Å². The minimum atomic E-state index is -4.22. The molecule has 21 heavy (non-hydrogen) atoms. The van der Waals surface area contributed by atoms with E-state index in [-0.39, 0.29) is 15.7 Å². The van der Waals surface area contributed by atoms with Crippen LogP contribution in [-0.4, -0.2) is 13.5 Å². The molecule has 0 radical (unpaired) electrons. The lowest BCUT2D eigenvalue weighted by Gasteiger charge is -2.10. The van der Waals surface area contributed by atoms with Crippen LogP contribution in [0.25, 0.3) is 0 Å². The number of halogens is 3. The van der Waals surface area contributed by atoms with E-state index >= 15 is 0 Å². The van der Waals surface area contributed by atoms with E-state index in [1.807, 2.05) is 0 Å². The molecule has 0 saturated heterocycles. The number of nitrogens with one attached hydrogen (secondary N) is 1. The molecule has 112 valence electrons. The van der Waals surface area contributed by atoms with Gasteiger partial charge in [-0.05, 0) is 51.8 Å². The molecular weight excluding hydrogens is 368 g/mol. The van der Waals surface area contributed by atoms with E-state index in [4.69, 9.17) is 5.11 Å². The molecule has 0 atom stereocenters. The molecule has 2 rings (SSSR count). The average Bonchev–Trinajstić information content (AvgIpc) is 2.43. The first-order chi connectivity index (χ1) is 9.83. The molecule has 0 unspecified atom stereocenters. The van der Waals surface area contributed by atoms with Crippen LogP contribution in [-0.2, 0) is 16.6 Å². The molecule has 0 bridgehead atoms. The first-order valence-electron chi connectivity index (χ1n) is 5.70. The Morgan fingerprint density at radius 3 is 2.43 bits per heavy atom. The van der Waals surface area contributed by atoms with E-state index < -0.39 is 33.2 Å². The van der Waals surface area contributed by atoms with Gasteiger partial charge in [-0.1, -0.05) is 6.07 Å². The molecule has 0 aromatic heterocycles. The minimum Gasteiger partial charge on any atom is -0.392 e. The van der Waals surface area contributed by atoms with Gasteiger partial charge in [0, 0.05) is 0 Å². The van der Waals surface area contributed by atoms with Crippen LogP contribution in [0.2, 0.25) is 0 Å². The molecule has 2 aromatic rings. The lowest BCUT2D eigenvalue weighted by atomic mass is 10.2. The van der Waals surface area contributed by atoms with Crippen LogP contribution < -0.4 is 4.72 Å². The van der Waals surface area contributed by atoms with E-state index in [1.54, 1.807) is 0 Å². The third-order valence-corrected chi connectivity index (χ3v) is 4.68. The van der Waals surface area contributed by atoms with Crippen LogP contribution in [0.15, 0.2) is 45.8 Å². The highest BCUT2D eigenvalue weighted by Gasteiger charge is 2.20. The number of rotatable bonds is 4. The van der Waals surface area contributed by atoms with Gasteiger partial charge in [0.15, 0.2) is 0 Å². The summed E-state index contributed by atoms with van der Waals surface area (Å²) in [5.41, 5.74) is 0.211. The van der Waals surface area contributed by atoms with Gasteiger partial charge in [-0.15, -0.1) is 0 Å². The van der Waals surface area contributed by atoms with Crippen molar-refractivity contribution in [2.24, 2.45) is 0 Å². The van der Waals surface area contributed by atoms with Crippen molar-refractivity contribution in [2.45, 2.75) is 11.5 Å². The number of aliphatic hydroxyl groups is 1. The Morgan fingerprint density at radius 1 is 1.10 bits per heavy atom. The van der Waals surface area contributed by atoms with Gasteiger partial charge in [0.1, 0.15) is 16.5 Å². The van der Waals surface area contributed by atoms with E-state index in [0.717, 1.165) is 18.2 Å². The van der Waals surface area contributed by atoms with E-state index in [9.17, 15) is 17.2 Å². The molecule has 0 heterocycles. The summed E-state index contributed by atoms with van der Waals surface area (Å²) >= 11 is 2.94. The topological polar surface area (TPSA) is 66.4 Å². The van der Waals surface area contributed by atoms with Crippen molar-refractivity contribution < 1.29 is 22.3 Å². The van der Waals surface area contributed by atoms with Crippen LogP contribution in [0.4, 0.5) is 14.5 Å². The first kappa shape index (κ1) is 15.9. The maximum atomic E-state index is 13.7. The second-order valence-electron chi connectivity index (χ2n) is 4.16. The van der Waals surface area contributed by atoms with Gasteiger partial charge in [0.05, 0.1) is 16.8 Å². The first-order valence-corrected chi connectivity index (χ1v) is 7.98. The van der Waals surface area contributed by atoms with Gasteiger partial charge in [-0.3, -0.25) is 4.72 Å². The zero-order valence-corrected chi connectivity index (χ0v) is 12.9. The van der Waals surface area contributed by atoms with E-state index in [0.29, 0.717) is 0 Å². The van der Waals surface area contributed by atoms with Crippen LogP contribution in [0.1, 0.15) is 5.56 Å². The third-order valence-electron chi connectivity index (χ3n) is 2.64. The number of hydrogen-bond acceptors (Lipinski definition) is 3. The Kier molecular flexibility index (Phi) is 4.60. The molecular formula is C13H10BrF2NO3S. The highest BCUT2D eigenvalue weighted by atomic mass is 79.9. The fraction of sp³-hybridized carbons (Fsp3) is 0.0769. The Bertz CT molecular complexity index is 781. The summed E-state index contributed by atoms with van der Waals surface area (Å²) in [5.74, 6) is -1.61. The SMILES string of the molecule is O=S(=O)(Nc1ccc(Br)c(F)c1)c1cc(CO)ccc1F. The molecule has 8 heteroatoms. The molecule has 2 N–H and O–H groups in total. The molecule has 0 aliphatic carbocycles. The van der Waals surface area contributed by atoms with Crippen molar-refractivity contribution in [2.75, 3.05) is 4.72 Å². The molecule has 4 nitrogen and oxygen atoms in total. The molecule has 0 amide bonds. The number of sulfonamides is 1. The van der Waals surface area contributed by atoms with Crippen LogP contribution in [0, 0.1) is 11.6 Å². The number of anilines is 1. The van der Waals surface area contributed by atoms with Gasteiger partial charge in [0.2, 0.25) is 0 Å². The summed E-state index contributed by atoms with van der Waals surface area (Å²) in [6, 6.07) is 6.87. The Hall–Kier alpha value is -1.51. The summed E-state index contributed by atoms with van der Waals surface area (Å²) < 4.78 is 53.5. The number of benzene rings is 2. The number of hydrogen-bond donors (Lipinski definition) is 2. The Labute approximate surface area is 128 Å². The second-order valence-corrected chi connectivity index (χ2v) is 6.66. The van der Waals surface area contributed by atoms with Gasteiger partial charge in [-0.25, -0.2) is 17.2 Å². The predicted octanol–water partition coefficient (Wildman–Crippen LogP) is 3.02. The summed E-state index contributed by atoms with van der Waals surface area (Å²) in [7, 11) is -4.22. The summed E-state index contributed by atoms with van der Waals surface area (Å²) in [6.45, 7) is -0.421. The van der Waals surface area contributed by atoms with Crippen molar-refractivity contribution in [3.63, 3.8) is 0 Å². The molecule has 0 spiro atoms. The zero-order chi connectivity index (χ0) is 15.6. The Morgan fingerprint density at radius 2 is 1.81 bits per heavy atom. The largest absolute Gasteiger partial charge is 0.392 e. The highest BCUT2D eigenvalue weighted by molar-refractivity contribution is 9.10. The lowest BCUT2D eigenvalue weighted by molar-refractivity contribution is 0.281. The lowest BCUT2D eigenvalue weighted by Crippen LogP contribution is -2.15. The van der Waals surface area contributed by atoms with Crippen molar-refractivity contribution in [1.82, 2.24) is 0 Å². The second kappa shape index (κ2) is 6.08. The maximum Gasteiger partial charge on any atom is 0.264 e. The number of aliphatic hydroxyl groups excluding tert-OH is 1. The molecule has 0 aliphatic rings. The monoisotopic (exact) mass is 377 g/mol. The third kappa shape index (κ3) is 3.58. The quantitative estimate of drug-likeness (QED) is 0.860. The van der Waals surface area contributed by atoms with Crippen LogP contribution in [0.5, 0.6) is 0 Å². The van der Waals surface area contributed by atoms with Crippen molar-refractivity contribution in [1.29, 1.82) is 0 Å². The average molecular weight is 378 g/mol. The van der Waals surface area contributed by atoms with Gasteiger partial charge < -0.3 is 5.11 Å². The van der Waals surface area contributed by atoms with Gasteiger partial charge in [0.25, 0.3) is 10.0 Å². The molecule has 2 aromatic carbocycles. The summed E-state index contributed by atoms with van der Waals surface area (Å²) in [5, 5.41) is 8.98. The zero-order valence-electron chi connectivity index (χ0n) is 10.5. The van der Waals surface area contributed by atoms with Crippen molar-refractivity contribution in [3.05, 3.63) is 58.1 Å². The summed E-state index contributed by atoms with van der Waals surface area (Å²) in [6.07, 6.45) is 0. The highest BCUT2D eigenvalue weighted by Crippen LogP contribution is 2.23. The Balaban J connectivity index is 2.40. The van der Waals surface area contributed by atoms with Crippen molar-refractivity contribution >= 4 is 31.6 Å². The van der Waals surface area contributed by atoms with E-state index in [2.05, 4.69) is 20.7 Å². The molecule has 0 saturated carbocycles. The van der Waals surface area contributed by atoms with Crippen LogP contribution >= 0.6 is 15.9 Å². The standard InChI is InChI=1S/C13H10BrF2NO3S/c14-10-3-2-9(6-12(10)16)17-21(19,20)13-5-8(7-18)1-4-11(13)15/h1-6,17-18H,7H2. The summed E-state index contributed by atoms with van der Waals surface area (Å²) in [4.78, 5) is -0.614. The maximum absolute atomic E-state index is 13.7. The fourth-order valence-electron chi connectivity index (χ4n) is 1.62. The van der Waals surface area contributed by atoms with E-state index in [1.165, 1.54) is 18.2 Å². The smallest absolute Gasteiger partial charge is 0.264 e.